The van der Waals surface area contributed by atoms with Crippen molar-refractivity contribution in [2.24, 2.45) is 0 Å². The highest BCUT2D eigenvalue weighted by molar-refractivity contribution is 5.86. The summed E-state index contributed by atoms with van der Waals surface area (Å²) in [6.45, 7) is 7.69. The summed E-state index contributed by atoms with van der Waals surface area (Å²) in [5.74, 6) is -0.0722. The van der Waals surface area contributed by atoms with E-state index in [0.717, 1.165) is 42.3 Å². The molecule has 2 aromatic rings. The van der Waals surface area contributed by atoms with Crippen LogP contribution in [-0.2, 0) is 27.4 Å². The second kappa shape index (κ2) is 10.1. The summed E-state index contributed by atoms with van der Waals surface area (Å²) < 4.78 is 13.5. The fourth-order valence-corrected chi connectivity index (χ4v) is 4.39. The number of morpholine rings is 1. The number of rotatable bonds is 7. The van der Waals surface area contributed by atoms with Gasteiger partial charge in [-0.2, -0.15) is 5.26 Å². The lowest BCUT2D eigenvalue weighted by Gasteiger charge is -2.35. The van der Waals surface area contributed by atoms with Gasteiger partial charge in [0, 0.05) is 49.2 Å². The second-order valence-electron chi connectivity index (χ2n) is 10.1. The number of aromatic nitrogens is 1. The molecular weight excluding hydrogens is 432 g/mol. The minimum atomic E-state index is -0.689. The molecule has 2 amide bonds. The van der Waals surface area contributed by atoms with Crippen molar-refractivity contribution in [1.82, 2.24) is 14.4 Å². The number of fused-ring (bicyclic) bond motifs is 1. The standard InChI is InChI=1S/C26H34N4O4/c1-26(2,3)34-25(32)29-14-15-33-23(18-29)24(31)30(20-10-11-20)17-19-16-28(13-7-6-12-27)22-9-5-4-8-21(19)22/h4-5,8-9,16,20,23H,6-7,10-11,13-15,17-18H2,1-3H3. The molecule has 1 aliphatic carbocycles. The average Bonchev–Trinajstić information content (AvgIpc) is 3.59. The third kappa shape index (κ3) is 5.71. The zero-order valence-electron chi connectivity index (χ0n) is 20.3. The third-order valence-electron chi connectivity index (χ3n) is 6.16. The first-order valence-corrected chi connectivity index (χ1v) is 12.1. The summed E-state index contributed by atoms with van der Waals surface area (Å²) in [6, 6.07) is 10.6. The summed E-state index contributed by atoms with van der Waals surface area (Å²) in [6.07, 6.45) is 4.28. The van der Waals surface area contributed by atoms with Crippen LogP contribution in [0.1, 0.15) is 52.0 Å². The molecule has 2 fully saturated rings. The fourth-order valence-electron chi connectivity index (χ4n) is 4.39. The van der Waals surface area contributed by atoms with Crippen LogP contribution < -0.4 is 0 Å². The molecule has 8 heteroatoms. The number of unbranched alkanes of at least 4 members (excludes halogenated alkanes) is 1. The minimum absolute atomic E-state index is 0.0722. The van der Waals surface area contributed by atoms with Crippen molar-refractivity contribution >= 4 is 22.9 Å². The lowest BCUT2D eigenvalue weighted by molar-refractivity contribution is -0.150. The van der Waals surface area contributed by atoms with Gasteiger partial charge in [-0.25, -0.2) is 4.79 Å². The van der Waals surface area contributed by atoms with Crippen LogP contribution in [0, 0.1) is 11.3 Å². The predicted molar refractivity (Wildman–Crippen MR) is 128 cm³/mol. The van der Waals surface area contributed by atoms with E-state index in [2.05, 4.69) is 29.0 Å². The van der Waals surface area contributed by atoms with Crippen LogP contribution in [-0.4, -0.2) is 63.8 Å². The molecule has 0 N–H and O–H groups in total. The van der Waals surface area contributed by atoms with E-state index in [9.17, 15) is 9.59 Å². The maximum absolute atomic E-state index is 13.6. The number of amides is 2. The minimum Gasteiger partial charge on any atom is -0.444 e. The highest BCUT2D eigenvalue weighted by Gasteiger charge is 2.39. The molecule has 1 unspecified atom stereocenters. The number of para-hydroxylation sites is 1. The van der Waals surface area contributed by atoms with E-state index in [4.69, 9.17) is 14.7 Å². The molecule has 2 aliphatic rings. The molecule has 8 nitrogen and oxygen atoms in total. The lowest BCUT2D eigenvalue weighted by Crippen LogP contribution is -2.53. The number of carbonyl (C=O) groups excluding carboxylic acids is 2. The number of carbonyl (C=O) groups is 2. The molecule has 1 saturated heterocycles. The van der Waals surface area contributed by atoms with Crippen molar-refractivity contribution in [3.63, 3.8) is 0 Å². The van der Waals surface area contributed by atoms with E-state index in [1.165, 1.54) is 0 Å². The summed E-state index contributed by atoms with van der Waals surface area (Å²) in [4.78, 5) is 29.6. The SMILES string of the molecule is CC(C)(C)OC(=O)N1CCOC(C(=O)N(Cc2cn(CCCC#N)c3ccccc23)C2CC2)C1. The first-order chi connectivity index (χ1) is 16.3. The van der Waals surface area contributed by atoms with Gasteiger partial charge in [0.05, 0.1) is 19.2 Å². The smallest absolute Gasteiger partial charge is 0.410 e. The Labute approximate surface area is 201 Å². The van der Waals surface area contributed by atoms with E-state index in [-0.39, 0.29) is 18.5 Å². The Morgan fingerprint density at radius 1 is 1.26 bits per heavy atom. The van der Waals surface area contributed by atoms with Crippen LogP contribution in [0.3, 0.4) is 0 Å². The van der Waals surface area contributed by atoms with Gasteiger partial charge in [-0.3, -0.25) is 4.79 Å². The van der Waals surface area contributed by atoms with E-state index >= 15 is 0 Å². The van der Waals surface area contributed by atoms with E-state index in [0.29, 0.717) is 26.1 Å². The van der Waals surface area contributed by atoms with Gasteiger partial charge in [-0.1, -0.05) is 18.2 Å². The van der Waals surface area contributed by atoms with Crippen LogP contribution in [0.25, 0.3) is 10.9 Å². The Balaban J connectivity index is 1.50. The molecule has 0 radical (unpaired) electrons. The van der Waals surface area contributed by atoms with E-state index in [1.807, 2.05) is 37.8 Å². The predicted octanol–water partition coefficient (Wildman–Crippen LogP) is 4.07. The van der Waals surface area contributed by atoms with Crippen molar-refractivity contribution in [2.45, 2.75) is 77.3 Å². The van der Waals surface area contributed by atoms with Gasteiger partial charge >= 0.3 is 6.09 Å². The maximum Gasteiger partial charge on any atom is 0.410 e. The fraction of sp³-hybridized carbons (Fsp3) is 0.577. The number of hydrogen-bond acceptors (Lipinski definition) is 5. The summed E-state index contributed by atoms with van der Waals surface area (Å²) in [5, 5.41) is 10.0. The third-order valence-corrected chi connectivity index (χ3v) is 6.16. The molecule has 0 bridgehead atoms. The topological polar surface area (TPSA) is 87.8 Å². The Bertz CT molecular complexity index is 1080. The summed E-state index contributed by atoms with van der Waals surface area (Å²) >= 11 is 0. The molecule has 4 rings (SSSR count). The quantitative estimate of drug-likeness (QED) is 0.574. The van der Waals surface area contributed by atoms with Crippen molar-refractivity contribution < 1.29 is 19.1 Å². The molecule has 1 aromatic carbocycles. The van der Waals surface area contributed by atoms with Crippen LogP contribution >= 0.6 is 0 Å². The highest BCUT2D eigenvalue weighted by Crippen LogP contribution is 2.32. The van der Waals surface area contributed by atoms with Crippen LogP contribution in [0.4, 0.5) is 4.79 Å². The number of aryl methyl sites for hydroxylation is 1. The Morgan fingerprint density at radius 2 is 2.03 bits per heavy atom. The summed E-state index contributed by atoms with van der Waals surface area (Å²) in [5.41, 5.74) is 1.62. The Hall–Kier alpha value is -3.05. The molecule has 182 valence electrons. The van der Waals surface area contributed by atoms with Gasteiger partial charge in [-0.05, 0) is 51.7 Å². The monoisotopic (exact) mass is 466 g/mol. The Morgan fingerprint density at radius 3 is 2.74 bits per heavy atom. The second-order valence-corrected chi connectivity index (χ2v) is 10.1. The number of hydrogen-bond donors (Lipinski definition) is 0. The molecule has 1 atom stereocenters. The Kier molecular flexibility index (Phi) is 7.13. The van der Waals surface area contributed by atoms with Gasteiger partial charge in [0.2, 0.25) is 0 Å². The molecule has 1 aliphatic heterocycles. The van der Waals surface area contributed by atoms with Gasteiger partial charge in [-0.15, -0.1) is 0 Å². The largest absolute Gasteiger partial charge is 0.444 e. The summed E-state index contributed by atoms with van der Waals surface area (Å²) in [7, 11) is 0. The number of ether oxygens (including phenoxy) is 2. The molecule has 1 saturated carbocycles. The molecule has 2 heterocycles. The molecule has 34 heavy (non-hydrogen) atoms. The van der Waals surface area contributed by atoms with Gasteiger partial charge in [0.25, 0.3) is 5.91 Å². The first kappa shape index (κ1) is 24.1. The van der Waals surface area contributed by atoms with Gasteiger partial charge in [0.15, 0.2) is 6.10 Å². The van der Waals surface area contributed by atoms with Crippen molar-refractivity contribution in [2.75, 3.05) is 19.7 Å². The van der Waals surface area contributed by atoms with E-state index in [1.54, 1.807) is 4.90 Å². The zero-order chi connectivity index (χ0) is 24.3. The van der Waals surface area contributed by atoms with Gasteiger partial charge in [0.1, 0.15) is 5.60 Å². The number of nitrogens with zero attached hydrogens (tertiary/aromatic N) is 4. The number of nitriles is 1. The molecule has 1 aromatic heterocycles. The van der Waals surface area contributed by atoms with Crippen molar-refractivity contribution in [3.8, 4) is 6.07 Å². The normalized spacial score (nSPS) is 18.5. The first-order valence-electron chi connectivity index (χ1n) is 12.1. The van der Waals surface area contributed by atoms with Crippen LogP contribution in [0.2, 0.25) is 0 Å². The molecule has 0 spiro atoms. The highest BCUT2D eigenvalue weighted by atomic mass is 16.6. The average molecular weight is 467 g/mol. The van der Waals surface area contributed by atoms with E-state index < -0.39 is 17.8 Å². The van der Waals surface area contributed by atoms with Crippen LogP contribution in [0.15, 0.2) is 30.5 Å². The van der Waals surface area contributed by atoms with Gasteiger partial charge < -0.3 is 23.8 Å². The number of benzene rings is 1. The molecular formula is C26H34N4O4. The zero-order valence-corrected chi connectivity index (χ0v) is 20.3. The van der Waals surface area contributed by atoms with Crippen molar-refractivity contribution in [1.29, 1.82) is 5.26 Å². The van der Waals surface area contributed by atoms with Crippen molar-refractivity contribution in [3.05, 3.63) is 36.0 Å². The maximum atomic E-state index is 13.6. The van der Waals surface area contributed by atoms with Crippen LogP contribution in [0.5, 0.6) is 0 Å². The lowest BCUT2D eigenvalue weighted by atomic mass is 10.1.